The Labute approximate surface area is 120 Å². The molecule has 110 valence electrons. The average Bonchev–Trinajstić information content (AvgIpc) is 2.37. The van der Waals surface area contributed by atoms with Gasteiger partial charge in [0.1, 0.15) is 5.60 Å². The van der Waals surface area contributed by atoms with E-state index < -0.39 is 5.60 Å². The van der Waals surface area contributed by atoms with Gasteiger partial charge in [-0.1, -0.05) is 6.07 Å². The third-order valence-electron chi connectivity index (χ3n) is 3.21. The van der Waals surface area contributed by atoms with Crippen LogP contribution in [0.3, 0.4) is 0 Å². The van der Waals surface area contributed by atoms with Gasteiger partial charge >= 0.3 is 6.09 Å². The predicted octanol–water partition coefficient (Wildman–Crippen LogP) is 2.27. The van der Waals surface area contributed by atoms with Gasteiger partial charge in [-0.15, -0.1) is 0 Å². The van der Waals surface area contributed by atoms with E-state index in [1.54, 1.807) is 11.1 Å². The molecule has 2 heterocycles. The molecule has 20 heavy (non-hydrogen) atoms. The molecule has 1 unspecified atom stereocenters. The highest BCUT2D eigenvalue weighted by atomic mass is 16.6. The van der Waals surface area contributed by atoms with Crippen molar-refractivity contribution in [2.24, 2.45) is 0 Å². The lowest BCUT2D eigenvalue weighted by Gasteiger charge is -2.35. The van der Waals surface area contributed by atoms with E-state index in [0.29, 0.717) is 13.1 Å². The maximum Gasteiger partial charge on any atom is 0.410 e. The first-order valence-corrected chi connectivity index (χ1v) is 6.99. The number of pyridine rings is 1. The standard InChI is InChI=1S/C15H23N3O2/c1-11-6-5-7-17-13(11)12-10-18(9-8-16-12)14(19)20-15(2,3)4/h5-7,12,16H,8-10H2,1-4H3. The van der Waals surface area contributed by atoms with Crippen molar-refractivity contribution in [2.45, 2.75) is 39.3 Å². The zero-order valence-electron chi connectivity index (χ0n) is 12.6. The minimum absolute atomic E-state index is 0.0671. The lowest BCUT2D eigenvalue weighted by Crippen LogP contribution is -2.50. The molecule has 0 radical (unpaired) electrons. The molecule has 1 aromatic rings. The van der Waals surface area contributed by atoms with Gasteiger partial charge in [0.25, 0.3) is 0 Å². The lowest BCUT2D eigenvalue weighted by atomic mass is 10.1. The number of carbonyl (C=O) groups is 1. The number of carbonyl (C=O) groups excluding carboxylic acids is 1. The molecule has 1 aliphatic rings. The Balaban J connectivity index is 2.06. The van der Waals surface area contributed by atoms with Crippen molar-refractivity contribution >= 4 is 6.09 Å². The smallest absolute Gasteiger partial charge is 0.410 e. The number of ether oxygens (including phenoxy) is 1. The number of nitrogens with one attached hydrogen (secondary N) is 1. The summed E-state index contributed by atoms with van der Waals surface area (Å²) in [4.78, 5) is 18.3. The van der Waals surface area contributed by atoms with Gasteiger partial charge in [0.2, 0.25) is 0 Å². The molecule has 0 aromatic carbocycles. The fraction of sp³-hybridized carbons (Fsp3) is 0.600. The van der Waals surface area contributed by atoms with Crippen molar-refractivity contribution in [3.63, 3.8) is 0 Å². The topological polar surface area (TPSA) is 54.5 Å². The number of amides is 1. The predicted molar refractivity (Wildman–Crippen MR) is 77.5 cm³/mol. The number of aromatic nitrogens is 1. The summed E-state index contributed by atoms with van der Waals surface area (Å²) in [5.74, 6) is 0. The lowest BCUT2D eigenvalue weighted by molar-refractivity contribution is 0.0193. The van der Waals surface area contributed by atoms with Gasteiger partial charge in [0.15, 0.2) is 0 Å². The summed E-state index contributed by atoms with van der Waals surface area (Å²) in [6.07, 6.45) is 1.54. The minimum Gasteiger partial charge on any atom is -0.444 e. The van der Waals surface area contributed by atoms with E-state index in [4.69, 9.17) is 4.74 Å². The zero-order valence-corrected chi connectivity index (χ0v) is 12.6. The van der Waals surface area contributed by atoms with Gasteiger partial charge in [-0.25, -0.2) is 4.79 Å². The SMILES string of the molecule is Cc1cccnc1C1CN(C(=O)OC(C)(C)C)CCN1. The van der Waals surface area contributed by atoms with Crippen molar-refractivity contribution in [3.8, 4) is 0 Å². The van der Waals surface area contributed by atoms with Crippen LogP contribution in [0.5, 0.6) is 0 Å². The summed E-state index contributed by atoms with van der Waals surface area (Å²) in [5, 5.41) is 3.41. The monoisotopic (exact) mass is 277 g/mol. The van der Waals surface area contributed by atoms with E-state index in [1.807, 2.05) is 39.8 Å². The number of rotatable bonds is 1. The Morgan fingerprint density at radius 1 is 1.50 bits per heavy atom. The van der Waals surface area contributed by atoms with Crippen LogP contribution in [0.2, 0.25) is 0 Å². The summed E-state index contributed by atoms with van der Waals surface area (Å²) in [6.45, 7) is 9.69. The summed E-state index contributed by atoms with van der Waals surface area (Å²) in [6, 6.07) is 4.03. The summed E-state index contributed by atoms with van der Waals surface area (Å²) >= 11 is 0. The van der Waals surface area contributed by atoms with Gasteiger partial charge in [-0.3, -0.25) is 4.98 Å². The van der Waals surface area contributed by atoms with Crippen LogP contribution in [0, 0.1) is 6.92 Å². The number of aryl methyl sites for hydroxylation is 1. The highest BCUT2D eigenvalue weighted by molar-refractivity contribution is 5.68. The maximum absolute atomic E-state index is 12.1. The Morgan fingerprint density at radius 3 is 2.90 bits per heavy atom. The summed E-state index contributed by atoms with van der Waals surface area (Å²) in [7, 11) is 0. The Kier molecular flexibility index (Phi) is 4.28. The van der Waals surface area contributed by atoms with E-state index in [0.717, 1.165) is 17.8 Å². The van der Waals surface area contributed by atoms with Crippen molar-refractivity contribution in [3.05, 3.63) is 29.6 Å². The first-order chi connectivity index (χ1) is 9.37. The minimum atomic E-state index is -0.460. The third-order valence-corrected chi connectivity index (χ3v) is 3.21. The van der Waals surface area contributed by atoms with Gasteiger partial charge in [-0.05, 0) is 39.3 Å². The fourth-order valence-corrected chi connectivity index (χ4v) is 2.29. The number of piperazine rings is 1. The molecule has 1 saturated heterocycles. The third kappa shape index (κ3) is 3.70. The Bertz CT molecular complexity index is 482. The highest BCUT2D eigenvalue weighted by Gasteiger charge is 2.29. The summed E-state index contributed by atoms with van der Waals surface area (Å²) in [5.41, 5.74) is 1.68. The van der Waals surface area contributed by atoms with Gasteiger partial charge in [0.05, 0.1) is 11.7 Å². The molecular weight excluding hydrogens is 254 g/mol. The van der Waals surface area contributed by atoms with E-state index in [1.165, 1.54) is 0 Å². The molecule has 5 nitrogen and oxygen atoms in total. The molecule has 0 saturated carbocycles. The second-order valence-electron chi connectivity index (χ2n) is 6.14. The Morgan fingerprint density at radius 2 is 2.25 bits per heavy atom. The van der Waals surface area contributed by atoms with E-state index in [9.17, 15) is 4.79 Å². The molecule has 0 spiro atoms. The zero-order chi connectivity index (χ0) is 14.8. The molecule has 1 amide bonds. The van der Waals surface area contributed by atoms with Gasteiger partial charge < -0.3 is 15.0 Å². The largest absolute Gasteiger partial charge is 0.444 e. The molecule has 1 atom stereocenters. The normalized spacial score (nSPS) is 19.8. The quantitative estimate of drug-likeness (QED) is 0.855. The van der Waals surface area contributed by atoms with Crippen LogP contribution in [-0.4, -0.2) is 41.2 Å². The molecule has 2 rings (SSSR count). The van der Waals surface area contributed by atoms with Gasteiger partial charge in [0, 0.05) is 25.8 Å². The number of hydrogen-bond acceptors (Lipinski definition) is 4. The Hall–Kier alpha value is -1.62. The van der Waals surface area contributed by atoms with Crippen LogP contribution in [0.15, 0.2) is 18.3 Å². The van der Waals surface area contributed by atoms with Crippen LogP contribution in [0.4, 0.5) is 4.79 Å². The van der Waals surface area contributed by atoms with Crippen LogP contribution in [0.25, 0.3) is 0 Å². The molecule has 5 heteroatoms. The van der Waals surface area contributed by atoms with E-state index >= 15 is 0 Å². The van der Waals surface area contributed by atoms with Crippen molar-refractivity contribution < 1.29 is 9.53 Å². The number of hydrogen-bond donors (Lipinski definition) is 1. The maximum atomic E-state index is 12.1. The molecule has 1 aliphatic heterocycles. The second kappa shape index (κ2) is 5.79. The van der Waals surface area contributed by atoms with E-state index in [-0.39, 0.29) is 12.1 Å². The van der Waals surface area contributed by atoms with Crippen molar-refractivity contribution in [2.75, 3.05) is 19.6 Å². The molecule has 1 N–H and O–H groups in total. The fourth-order valence-electron chi connectivity index (χ4n) is 2.29. The van der Waals surface area contributed by atoms with Crippen LogP contribution < -0.4 is 5.32 Å². The highest BCUT2D eigenvalue weighted by Crippen LogP contribution is 2.20. The molecule has 1 aromatic heterocycles. The van der Waals surface area contributed by atoms with Crippen LogP contribution >= 0.6 is 0 Å². The second-order valence-corrected chi connectivity index (χ2v) is 6.14. The first-order valence-electron chi connectivity index (χ1n) is 6.99. The van der Waals surface area contributed by atoms with Gasteiger partial charge in [-0.2, -0.15) is 0 Å². The van der Waals surface area contributed by atoms with Crippen molar-refractivity contribution in [1.82, 2.24) is 15.2 Å². The summed E-state index contributed by atoms with van der Waals surface area (Å²) < 4.78 is 5.43. The molecule has 0 aliphatic carbocycles. The average molecular weight is 277 g/mol. The van der Waals surface area contributed by atoms with E-state index in [2.05, 4.69) is 10.3 Å². The molecular formula is C15H23N3O2. The van der Waals surface area contributed by atoms with Crippen LogP contribution in [0.1, 0.15) is 38.1 Å². The molecule has 0 bridgehead atoms. The van der Waals surface area contributed by atoms with Crippen LogP contribution in [-0.2, 0) is 4.74 Å². The number of nitrogens with zero attached hydrogens (tertiary/aromatic N) is 2. The first kappa shape index (κ1) is 14.8. The molecule has 1 fully saturated rings. The van der Waals surface area contributed by atoms with Crippen molar-refractivity contribution in [1.29, 1.82) is 0 Å².